The van der Waals surface area contributed by atoms with E-state index in [1.807, 2.05) is 20.8 Å². The molecule has 2 aliphatic heterocycles. The van der Waals surface area contributed by atoms with Gasteiger partial charge in [-0.1, -0.05) is 0 Å². The first-order valence-electron chi connectivity index (χ1n) is 9.98. The fourth-order valence-electron chi connectivity index (χ4n) is 3.22. The monoisotopic (exact) mass is 384 g/mol. The molecule has 2 aliphatic rings. The van der Waals surface area contributed by atoms with Gasteiger partial charge in [-0.25, -0.2) is 4.79 Å². The Bertz CT molecular complexity index is 487. The van der Waals surface area contributed by atoms with Crippen LogP contribution in [-0.4, -0.2) is 81.7 Å². The summed E-state index contributed by atoms with van der Waals surface area (Å²) in [5.41, 5.74) is -0.479. The molecule has 27 heavy (non-hydrogen) atoms. The van der Waals surface area contributed by atoms with E-state index < -0.39 is 5.60 Å². The fraction of sp³-hybridized carbons (Fsp3) is 0.895. The summed E-state index contributed by atoms with van der Waals surface area (Å²) in [4.78, 5) is 18.4. The van der Waals surface area contributed by atoms with E-state index in [9.17, 15) is 4.79 Å². The van der Waals surface area contributed by atoms with Crippen molar-refractivity contribution in [1.82, 2.24) is 15.5 Å². The van der Waals surface area contributed by atoms with Gasteiger partial charge in [-0.15, -0.1) is 0 Å². The zero-order valence-corrected chi connectivity index (χ0v) is 17.3. The lowest BCUT2D eigenvalue weighted by Crippen LogP contribution is -2.44. The Balaban J connectivity index is 1.59. The number of ether oxygens (including phenoxy) is 3. The Morgan fingerprint density at radius 2 is 2.15 bits per heavy atom. The molecule has 0 aromatic heterocycles. The summed E-state index contributed by atoms with van der Waals surface area (Å²) in [5.74, 6) is 1.43. The molecule has 0 radical (unpaired) electrons. The van der Waals surface area contributed by atoms with Crippen LogP contribution in [0.1, 0.15) is 40.0 Å². The second-order valence-electron chi connectivity index (χ2n) is 8.21. The predicted octanol–water partition coefficient (Wildman–Crippen LogP) is 1.60. The molecule has 156 valence electrons. The van der Waals surface area contributed by atoms with Gasteiger partial charge in [0.25, 0.3) is 0 Å². The maximum Gasteiger partial charge on any atom is 0.407 e. The Morgan fingerprint density at radius 1 is 1.33 bits per heavy atom. The van der Waals surface area contributed by atoms with Gasteiger partial charge in [0.2, 0.25) is 0 Å². The van der Waals surface area contributed by atoms with Crippen LogP contribution < -0.4 is 10.6 Å². The van der Waals surface area contributed by atoms with E-state index in [2.05, 4.69) is 20.5 Å². The summed E-state index contributed by atoms with van der Waals surface area (Å²) in [7, 11) is 1.79. The van der Waals surface area contributed by atoms with E-state index in [0.717, 1.165) is 71.3 Å². The summed E-state index contributed by atoms with van der Waals surface area (Å²) >= 11 is 0. The fourth-order valence-corrected chi connectivity index (χ4v) is 3.22. The maximum absolute atomic E-state index is 11.9. The SMILES string of the molecule is CN=C(NCCCOCC1CCOC1)N1CCC(NC(=O)OC(C)(C)C)C1. The molecular weight excluding hydrogens is 348 g/mol. The van der Waals surface area contributed by atoms with Crippen LogP contribution in [-0.2, 0) is 14.2 Å². The number of hydrogen-bond acceptors (Lipinski definition) is 5. The van der Waals surface area contributed by atoms with Crippen LogP contribution in [0.25, 0.3) is 0 Å². The first kappa shape index (κ1) is 21.8. The van der Waals surface area contributed by atoms with Gasteiger partial charge in [-0.3, -0.25) is 4.99 Å². The number of guanidine groups is 1. The average molecular weight is 385 g/mol. The Labute approximate surface area is 163 Å². The molecule has 0 aromatic rings. The molecule has 1 amide bonds. The van der Waals surface area contributed by atoms with Gasteiger partial charge >= 0.3 is 6.09 Å². The molecule has 2 fully saturated rings. The highest BCUT2D eigenvalue weighted by Crippen LogP contribution is 2.13. The maximum atomic E-state index is 11.9. The molecule has 8 heteroatoms. The lowest BCUT2D eigenvalue weighted by Gasteiger charge is -2.23. The number of aliphatic imine (C=N–C) groups is 1. The van der Waals surface area contributed by atoms with Crippen molar-refractivity contribution in [2.45, 2.75) is 51.7 Å². The zero-order chi connectivity index (χ0) is 19.7. The standard InChI is InChI=1S/C19H36N4O4/c1-19(2,3)27-18(24)22-16-6-9-23(12-16)17(20-4)21-8-5-10-25-13-15-7-11-26-14-15/h15-16H,5-14H2,1-4H3,(H,20,21)(H,22,24). The second-order valence-corrected chi connectivity index (χ2v) is 8.21. The number of likely N-dealkylation sites (tertiary alicyclic amines) is 1. The minimum atomic E-state index is -0.479. The van der Waals surface area contributed by atoms with Crippen molar-refractivity contribution in [2.75, 3.05) is 53.1 Å². The molecular formula is C19H36N4O4. The van der Waals surface area contributed by atoms with E-state index in [1.165, 1.54) is 0 Å². The van der Waals surface area contributed by atoms with Crippen molar-refractivity contribution in [3.05, 3.63) is 0 Å². The molecule has 0 bridgehead atoms. The molecule has 2 saturated heterocycles. The molecule has 8 nitrogen and oxygen atoms in total. The molecule has 2 heterocycles. The van der Waals surface area contributed by atoms with Gasteiger partial charge in [-0.2, -0.15) is 0 Å². The van der Waals surface area contributed by atoms with Crippen molar-refractivity contribution in [2.24, 2.45) is 10.9 Å². The quantitative estimate of drug-likeness (QED) is 0.394. The lowest BCUT2D eigenvalue weighted by molar-refractivity contribution is 0.0507. The second kappa shape index (κ2) is 10.7. The van der Waals surface area contributed by atoms with Gasteiger partial charge < -0.3 is 29.7 Å². The number of nitrogens with one attached hydrogen (secondary N) is 2. The number of carbonyl (C=O) groups excluding carboxylic acids is 1. The smallest absolute Gasteiger partial charge is 0.407 e. The molecule has 0 aromatic carbocycles. The predicted molar refractivity (Wildman–Crippen MR) is 105 cm³/mol. The van der Waals surface area contributed by atoms with Gasteiger partial charge in [0.15, 0.2) is 5.96 Å². The highest BCUT2D eigenvalue weighted by Gasteiger charge is 2.27. The van der Waals surface area contributed by atoms with Crippen LogP contribution in [0.15, 0.2) is 4.99 Å². The molecule has 2 rings (SSSR count). The van der Waals surface area contributed by atoms with Crippen LogP contribution in [0, 0.1) is 5.92 Å². The van der Waals surface area contributed by atoms with E-state index in [1.54, 1.807) is 7.05 Å². The van der Waals surface area contributed by atoms with Crippen LogP contribution in [0.2, 0.25) is 0 Å². The van der Waals surface area contributed by atoms with Crippen molar-refractivity contribution in [3.8, 4) is 0 Å². The number of amides is 1. The summed E-state index contributed by atoms with van der Waals surface area (Å²) in [6, 6.07) is 0.0790. The molecule has 0 aliphatic carbocycles. The van der Waals surface area contributed by atoms with Crippen molar-refractivity contribution < 1.29 is 19.0 Å². The summed E-state index contributed by atoms with van der Waals surface area (Å²) in [6.45, 7) is 11.2. The van der Waals surface area contributed by atoms with E-state index in [0.29, 0.717) is 5.92 Å². The number of carbonyl (C=O) groups is 1. The van der Waals surface area contributed by atoms with Gasteiger partial charge in [-0.05, 0) is 40.0 Å². The lowest BCUT2D eigenvalue weighted by atomic mass is 10.1. The Kier molecular flexibility index (Phi) is 8.63. The van der Waals surface area contributed by atoms with Gasteiger partial charge in [0.05, 0.1) is 19.3 Å². The summed E-state index contributed by atoms with van der Waals surface area (Å²) in [6.07, 6.45) is 2.56. The molecule has 2 unspecified atom stereocenters. The third-order valence-electron chi connectivity index (χ3n) is 4.55. The van der Waals surface area contributed by atoms with Gasteiger partial charge in [0, 0.05) is 45.8 Å². The highest BCUT2D eigenvalue weighted by atomic mass is 16.6. The normalized spacial score (nSPS) is 23.6. The first-order chi connectivity index (χ1) is 12.9. The Hall–Kier alpha value is -1.54. The third-order valence-corrected chi connectivity index (χ3v) is 4.55. The van der Waals surface area contributed by atoms with Crippen molar-refractivity contribution in [1.29, 1.82) is 0 Å². The Morgan fingerprint density at radius 3 is 2.81 bits per heavy atom. The van der Waals surface area contributed by atoms with Crippen LogP contribution in [0.4, 0.5) is 4.79 Å². The number of alkyl carbamates (subject to hydrolysis) is 1. The minimum absolute atomic E-state index is 0.0790. The number of rotatable bonds is 7. The largest absolute Gasteiger partial charge is 0.444 e. The summed E-state index contributed by atoms with van der Waals surface area (Å²) in [5, 5.41) is 6.32. The highest BCUT2D eigenvalue weighted by molar-refractivity contribution is 5.80. The molecule has 0 saturated carbocycles. The van der Waals surface area contributed by atoms with Crippen molar-refractivity contribution in [3.63, 3.8) is 0 Å². The number of hydrogen-bond donors (Lipinski definition) is 2. The van der Waals surface area contributed by atoms with Gasteiger partial charge in [0.1, 0.15) is 5.60 Å². The van der Waals surface area contributed by atoms with Crippen LogP contribution in [0.3, 0.4) is 0 Å². The third kappa shape index (κ3) is 8.34. The van der Waals surface area contributed by atoms with Crippen LogP contribution >= 0.6 is 0 Å². The van der Waals surface area contributed by atoms with E-state index in [-0.39, 0.29) is 12.1 Å². The zero-order valence-electron chi connectivity index (χ0n) is 17.3. The van der Waals surface area contributed by atoms with E-state index >= 15 is 0 Å². The molecule has 2 atom stereocenters. The van der Waals surface area contributed by atoms with E-state index in [4.69, 9.17) is 14.2 Å². The molecule has 2 N–H and O–H groups in total. The molecule has 0 spiro atoms. The van der Waals surface area contributed by atoms with Crippen LogP contribution in [0.5, 0.6) is 0 Å². The van der Waals surface area contributed by atoms with Crippen molar-refractivity contribution >= 4 is 12.1 Å². The summed E-state index contributed by atoms with van der Waals surface area (Å²) < 4.78 is 16.4. The minimum Gasteiger partial charge on any atom is -0.444 e. The number of nitrogens with zero attached hydrogens (tertiary/aromatic N) is 2. The topological polar surface area (TPSA) is 84.4 Å². The average Bonchev–Trinajstić information content (AvgIpc) is 3.24. The first-order valence-corrected chi connectivity index (χ1v) is 9.98.